The summed E-state index contributed by atoms with van der Waals surface area (Å²) in [5.74, 6) is 1.20. The minimum Gasteiger partial charge on any atom is -0.455 e. The third-order valence-electron chi connectivity index (χ3n) is 3.09. The Morgan fingerprint density at radius 3 is 2.76 bits per heavy atom. The summed E-state index contributed by atoms with van der Waals surface area (Å²) in [6.07, 6.45) is 1.69. The summed E-state index contributed by atoms with van der Waals surface area (Å²) in [5.41, 5.74) is 1.39. The molecular formula is C16H11BrClNO2. The van der Waals surface area contributed by atoms with Crippen LogP contribution in [0.1, 0.15) is 5.56 Å². The highest BCUT2D eigenvalue weighted by atomic mass is 79.9. The van der Waals surface area contributed by atoms with Crippen molar-refractivity contribution in [3.05, 3.63) is 63.7 Å². The van der Waals surface area contributed by atoms with E-state index in [0.717, 1.165) is 9.86 Å². The Kier molecular flexibility index (Phi) is 4.10. The van der Waals surface area contributed by atoms with Crippen molar-refractivity contribution >= 4 is 38.4 Å². The van der Waals surface area contributed by atoms with Gasteiger partial charge in [0.1, 0.15) is 11.3 Å². The smallest absolute Gasteiger partial charge is 0.153 e. The van der Waals surface area contributed by atoms with Crippen molar-refractivity contribution in [2.24, 2.45) is 0 Å². The first kappa shape index (κ1) is 14.3. The van der Waals surface area contributed by atoms with E-state index in [-0.39, 0.29) is 6.61 Å². The zero-order valence-corrected chi connectivity index (χ0v) is 13.2. The zero-order valence-electron chi connectivity index (χ0n) is 10.9. The SMILES string of the molecule is OCc1cc(Br)ccc1Oc1ccc(Cl)c2cccnc12. The first-order valence-corrected chi connectivity index (χ1v) is 7.46. The van der Waals surface area contributed by atoms with Crippen molar-refractivity contribution in [3.8, 4) is 11.5 Å². The second-order valence-corrected chi connectivity index (χ2v) is 5.78. The second-order valence-electron chi connectivity index (χ2n) is 4.46. The third-order valence-corrected chi connectivity index (χ3v) is 3.92. The highest BCUT2D eigenvalue weighted by Crippen LogP contribution is 2.34. The van der Waals surface area contributed by atoms with Gasteiger partial charge in [-0.25, -0.2) is 0 Å². The van der Waals surface area contributed by atoms with Gasteiger partial charge < -0.3 is 9.84 Å². The predicted molar refractivity (Wildman–Crippen MR) is 86.9 cm³/mol. The average molecular weight is 365 g/mol. The van der Waals surface area contributed by atoms with Gasteiger partial charge >= 0.3 is 0 Å². The van der Waals surface area contributed by atoms with Crippen molar-refractivity contribution in [1.29, 1.82) is 0 Å². The van der Waals surface area contributed by atoms with Crippen LogP contribution in [0.15, 0.2) is 53.1 Å². The number of nitrogens with zero attached hydrogens (tertiary/aromatic N) is 1. The molecule has 0 radical (unpaired) electrons. The Bertz CT molecular complexity index is 807. The van der Waals surface area contributed by atoms with Gasteiger partial charge in [0, 0.05) is 21.6 Å². The van der Waals surface area contributed by atoms with Gasteiger partial charge in [0.25, 0.3) is 0 Å². The van der Waals surface area contributed by atoms with E-state index >= 15 is 0 Å². The number of rotatable bonds is 3. The Balaban J connectivity index is 2.09. The van der Waals surface area contributed by atoms with Gasteiger partial charge in [-0.2, -0.15) is 0 Å². The van der Waals surface area contributed by atoms with E-state index in [4.69, 9.17) is 16.3 Å². The Morgan fingerprint density at radius 1 is 1.14 bits per heavy atom. The van der Waals surface area contributed by atoms with E-state index in [2.05, 4.69) is 20.9 Å². The fraction of sp³-hybridized carbons (Fsp3) is 0.0625. The lowest BCUT2D eigenvalue weighted by Crippen LogP contribution is -1.93. The van der Waals surface area contributed by atoms with Gasteiger partial charge in [0.2, 0.25) is 0 Å². The molecule has 0 saturated heterocycles. The lowest BCUT2D eigenvalue weighted by Gasteiger charge is -2.12. The fourth-order valence-corrected chi connectivity index (χ4v) is 2.71. The van der Waals surface area contributed by atoms with E-state index in [1.165, 1.54) is 0 Å². The van der Waals surface area contributed by atoms with Gasteiger partial charge in [0.15, 0.2) is 5.75 Å². The second kappa shape index (κ2) is 6.02. The molecule has 0 aliphatic carbocycles. The molecule has 0 unspecified atom stereocenters. The maximum absolute atomic E-state index is 9.44. The quantitative estimate of drug-likeness (QED) is 0.716. The molecule has 2 aromatic carbocycles. The molecule has 1 aromatic heterocycles. The highest BCUT2D eigenvalue weighted by Gasteiger charge is 2.10. The predicted octanol–water partition coefficient (Wildman–Crippen LogP) is 4.94. The Labute approximate surface area is 135 Å². The summed E-state index contributed by atoms with van der Waals surface area (Å²) in [4.78, 5) is 4.33. The van der Waals surface area contributed by atoms with Crippen LogP contribution in [0.2, 0.25) is 5.02 Å². The highest BCUT2D eigenvalue weighted by molar-refractivity contribution is 9.10. The molecule has 3 aromatic rings. The van der Waals surface area contributed by atoms with Crippen LogP contribution in [0, 0.1) is 0 Å². The van der Waals surface area contributed by atoms with Crippen molar-refractivity contribution in [2.45, 2.75) is 6.61 Å². The van der Waals surface area contributed by atoms with Crippen LogP contribution in [0.4, 0.5) is 0 Å². The summed E-state index contributed by atoms with van der Waals surface area (Å²) < 4.78 is 6.81. The molecule has 5 heteroatoms. The molecule has 3 rings (SSSR count). The summed E-state index contributed by atoms with van der Waals surface area (Å²) in [6, 6.07) is 12.8. The van der Waals surface area contributed by atoms with Gasteiger partial charge in [-0.3, -0.25) is 4.98 Å². The molecular weight excluding hydrogens is 354 g/mol. The summed E-state index contributed by atoms with van der Waals surface area (Å²) in [5, 5.41) is 10.9. The Morgan fingerprint density at radius 2 is 1.95 bits per heavy atom. The molecule has 106 valence electrons. The molecule has 0 saturated carbocycles. The van der Waals surface area contributed by atoms with Gasteiger partial charge in [-0.1, -0.05) is 27.5 Å². The molecule has 0 aliphatic heterocycles. The number of aromatic nitrogens is 1. The number of halogens is 2. The largest absolute Gasteiger partial charge is 0.455 e. The van der Waals surface area contributed by atoms with Crippen LogP contribution in [-0.2, 0) is 6.61 Å². The normalized spacial score (nSPS) is 10.8. The van der Waals surface area contributed by atoms with Crippen LogP contribution in [0.5, 0.6) is 11.5 Å². The number of ether oxygens (including phenoxy) is 1. The molecule has 0 atom stereocenters. The molecule has 0 bridgehead atoms. The lowest BCUT2D eigenvalue weighted by molar-refractivity contribution is 0.276. The van der Waals surface area contributed by atoms with Crippen molar-refractivity contribution in [1.82, 2.24) is 4.98 Å². The first-order valence-electron chi connectivity index (χ1n) is 6.29. The minimum absolute atomic E-state index is 0.103. The third kappa shape index (κ3) is 2.88. The molecule has 0 amide bonds. The maximum Gasteiger partial charge on any atom is 0.153 e. The topological polar surface area (TPSA) is 42.4 Å². The van der Waals surface area contributed by atoms with Crippen molar-refractivity contribution in [2.75, 3.05) is 0 Å². The zero-order chi connectivity index (χ0) is 14.8. The van der Waals surface area contributed by atoms with Crippen LogP contribution >= 0.6 is 27.5 Å². The first-order chi connectivity index (χ1) is 10.2. The minimum atomic E-state index is -0.103. The van der Waals surface area contributed by atoms with E-state index in [1.807, 2.05) is 24.3 Å². The summed E-state index contributed by atoms with van der Waals surface area (Å²) in [7, 11) is 0. The number of pyridine rings is 1. The molecule has 3 nitrogen and oxygen atoms in total. The van der Waals surface area contributed by atoms with E-state index in [9.17, 15) is 5.11 Å². The summed E-state index contributed by atoms with van der Waals surface area (Å²) in [6.45, 7) is -0.103. The fourth-order valence-electron chi connectivity index (χ4n) is 2.08. The average Bonchev–Trinajstić information content (AvgIpc) is 2.52. The van der Waals surface area contributed by atoms with Crippen molar-refractivity contribution in [3.63, 3.8) is 0 Å². The van der Waals surface area contributed by atoms with Gasteiger partial charge in [-0.05, 0) is 42.5 Å². The maximum atomic E-state index is 9.44. The molecule has 1 heterocycles. The lowest BCUT2D eigenvalue weighted by atomic mass is 10.2. The van der Waals surface area contributed by atoms with E-state index in [0.29, 0.717) is 27.6 Å². The van der Waals surface area contributed by atoms with Gasteiger partial charge in [0.05, 0.1) is 11.6 Å². The summed E-state index contributed by atoms with van der Waals surface area (Å²) >= 11 is 9.54. The molecule has 0 aliphatic rings. The number of hydrogen-bond donors (Lipinski definition) is 1. The molecule has 21 heavy (non-hydrogen) atoms. The van der Waals surface area contributed by atoms with E-state index < -0.39 is 0 Å². The number of aliphatic hydroxyl groups excluding tert-OH is 1. The Hall–Kier alpha value is -1.62. The monoisotopic (exact) mass is 363 g/mol. The standard InChI is InChI=1S/C16H11BrClNO2/c17-11-3-5-14(10(8-11)9-20)21-15-6-4-13(18)12-2-1-7-19-16(12)15/h1-8,20H,9H2. The van der Waals surface area contributed by atoms with Crippen LogP contribution in [-0.4, -0.2) is 10.1 Å². The molecule has 0 fully saturated rings. The number of hydrogen-bond acceptors (Lipinski definition) is 3. The molecule has 0 spiro atoms. The number of aliphatic hydroxyl groups is 1. The van der Waals surface area contributed by atoms with E-state index in [1.54, 1.807) is 24.4 Å². The van der Waals surface area contributed by atoms with Crippen LogP contribution in [0.25, 0.3) is 10.9 Å². The van der Waals surface area contributed by atoms with Crippen LogP contribution < -0.4 is 4.74 Å². The van der Waals surface area contributed by atoms with Crippen LogP contribution in [0.3, 0.4) is 0 Å². The number of benzene rings is 2. The number of fused-ring (bicyclic) bond motifs is 1. The van der Waals surface area contributed by atoms with Gasteiger partial charge in [-0.15, -0.1) is 0 Å². The van der Waals surface area contributed by atoms with Crippen molar-refractivity contribution < 1.29 is 9.84 Å². The molecule has 1 N–H and O–H groups in total.